The van der Waals surface area contributed by atoms with Crippen LogP contribution in [0.1, 0.15) is 29.3 Å². The lowest BCUT2D eigenvalue weighted by atomic mass is 10.1. The highest BCUT2D eigenvalue weighted by Gasteiger charge is 2.19. The van der Waals surface area contributed by atoms with Crippen molar-refractivity contribution in [2.24, 2.45) is 0 Å². The number of anilines is 2. The molecule has 1 heterocycles. The van der Waals surface area contributed by atoms with Crippen LogP contribution >= 0.6 is 0 Å². The number of amides is 1. The molecule has 0 saturated carbocycles. The zero-order valence-corrected chi connectivity index (χ0v) is 19.4. The lowest BCUT2D eigenvalue weighted by molar-refractivity contribution is -0.122. The Morgan fingerprint density at radius 1 is 1.03 bits per heavy atom. The zero-order chi connectivity index (χ0) is 23.5. The van der Waals surface area contributed by atoms with Gasteiger partial charge in [-0.3, -0.25) is 4.79 Å². The summed E-state index contributed by atoms with van der Waals surface area (Å²) < 4.78 is 33.3. The number of hydrogen-bond acceptors (Lipinski definition) is 6. The van der Waals surface area contributed by atoms with Crippen molar-refractivity contribution in [3.05, 3.63) is 71.0 Å². The molecule has 1 atom stereocenters. The molecule has 0 aliphatic rings. The Morgan fingerprint density at radius 3 is 2.38 bits per heavy atom. The van der Waals surface area contributed by atoms with Gasteiger partial charge < -0.3 is 10.1 Å². The molecule has 0 aliphatic heterocycles. The monoisotopic (exact) mass is 454 g/mol. The first-order valence-electron chi connectivity index (χ1n) is 10.0. The van der Waals surface area contributed by atoms with Gasteiger partial charge >= 0.3 is 0 Å². The van der Waals surface area contributed by atoms with E-state index in [1.807, 2.05) is 26.8 Å². The van der Waals surface area contributed by atoms with Crippen LogP contribution in [0.25, 0.3) is 0 Å². The average Bonchev–Trinajstić information content (AvgIpc) is 2.71. The predicted octanol–water partition coefficient (Wildman–Crippen LogP) is 3.92. The molecule has 1 aromatic heterocycles. The number of carbonyl (C=O) groups excluding carboxylic acids is 1. The number of nitrogens with one attached hydrogen (secondary N) is 2. The molecule has 0 spiro atoms. The van der Waals surface area contributed by atoms with E-state index in [2.05, 4.69) is 26.1 Å². The predicted molar refractivity (Wildman–Crippen MR) is 123 cm³/mol. The lowest BCUT2D eigenvalue weighted by Crippen LogP contribution is -2.30. The van der Waals surface area contributed by atoms with Crippen LogP contribution in [0.3, 0.4) is 0 Å². The van der Waals surface area contributed by atoms with Crippen molar-refractivity contribution in [2.75, 3.05) is 10.0 Å². The van der Waals surface area contributed by atoms with Gasteiger partial charge in [0.2, 0.25) is 5.95 Å². The van der Waals surface area contributed by atoms with Crippen LogP contribution in [0.4, 0.5) is 11.6 Å². The molecule has 0 fully saturated rings. The van der Waals surface area contributed by atoms with Crippen molar-refractivity contribution in [1.29, 1.82) is 0 Å². The number of aromatic nitrogens is 2. The summed E-state index contributed by atoms with van der Waals surface area (Å²) in [4.78, 5) is 20.5. The molecule has 8 nitrogen and oxygen atoms in total. The van der Waals surface area contributed by atoms with Crippen molar-refractivity contribution >= 4 is 27.6 Å². The van der Waals surface area contributed by atoms with E-state index in [1.165, 1.54) is 30.5 Å². The van der Waals surface area contributed by atoms with E-state index in [1.54, 1.807) is 19.9 Å². The van der Waals surface area contributed by atoms with Gasteiger partial charge in [-0.05, 0) is 87.7 Å². The summed E-state index contributed by atoms with van der Waals surface area (Å²) in [5.41, 5.74) is 4.22. The summed E-state index contributed by atoms with van der Waals surface area (Å²) >= 11 is 0. The van der Waals surface area contributed by atoms with Gasteiger partial charge in [0.15, 0.2) is 6.10 Å². The van der Waals surface area contributed by atoms with Gasteiger partial charge in [0.1, 0.15) is 5.75 Å². The Bertz CT molecular complexity index is 1240. The molecule has 3 aromatic rings. The molecule has 32 heavy (non-hydrogen) atoms. The first-order chi connectivity index (χ1) is 15.0. The molecule has 2 aromatic carbocycles. The first kappa shape index (κ1) is 23.2. The van der Waals surface area contributed by atoms with Gasteiger partial charge in [0.05, 0.1) is 4.90 Å². The molecule has 1 amide bonds. The first-order valence-corrected chi connectivity index (χ1v) is 11.5. The summed E-state index contributed by atoms with van der Waals surface area (Å²) in [6, 6.07) is 11.4. The van der Waals surface area contributed by atoms with Gasteiger partial charge in [-0.1, -0.05) is 6.07 Å². The van der Waals surface area contributed by atoms with Gasteiger partial charge in [-0.2, -0.15) is 0 Å². The minimum absolute atomic E-state index is 0.00460. The largest absolute Gasteiger partial charge is 0.481 e. The van der Waals surface area contributed by atoms with Crippen LogP contribution in [-0.2, 0) is 14.8 Å². The lowest BCUT2D eigenvalue weighted by Gasteiger charge is -2.18. The van der Waals surface area contributed by atoms with E-state index < -0.39 is 16.1 Å². The molecular formula is C23H26N4O4S. The van der Waals surface area contributed by atoms with Gasteiger partial charge in [-0.25, -0.2) is 23.1 Å². The van der Waals surface area contributed by atoms with E-state index in [9.17, 15) is 13.2 Å². The van der Waals surface area contributed by atoms with Crippen LogP contribution in [0.2, 0.25) is 0 Å². The van der Waals surface area contributed by atoms with Crippen molar-refractivity contribution in [3.8, 4) is 5.75 Å². The van der Waals surface area contributed by atoms with Crippen LogP contribution in [0.15, 0.2) is 53.6 Å². The molecule has 2 N–H and O–H groups in total. The number of rotatable bonds is 7. The zero-order valence-electron chi connectivity index (χ0n) is 18.6. The van der Waals surface area contributed by atoms with E-state index in [4.69, 9.17) is 4.74 Å². The molecule has 0 saturated heterocycles. The second kappa shape index (κ2) is 9.35. The summed E-state index contributed by atoms with van der Waals surface area (Å²) in [7, 11) is -3.86. The van der Waals surface area contributed by atoms with Crippen molar-refractivity contribution in [1.82, 2.24) is 9.97 Å². The number of carbonyl (C=O) groups is 1. The number of aryl methyl sites for hydroxylation is 3. The number of hydrogen-bond donors (Lipinski definition) is 2. The van der Waals surface area contributed by atoms with E-state index in [0.29, 0.717) is 17.1 Å². The Kier molecular flexibility index (Phi) is 6.78. The smallest absolute Gasteiger partial charge is 0.265 e. The van der Waals surface area contributed by atoms with E-state index in [0.717, 1.165) is 16.7 Å². The topological polar surface area (TPSA) is 110 Å². The van der Waals surface area contributed by atoms with E-state index in [-0.39, 0.29) is 16.8 Å². The molecule has 3 rings (SSSR count). The van der Waals surface area contributed by atoms with Gasteiger partial charge in [-0.15, -0.1) is 0 Å². The highest BCUT2D eigenvalue weighted by Crippen LogP contribution is 2.25. The van der Waals surface area contributed by atoms with Gasteiger partial charge in [0, 0.05) is 17.6 Å². The molecule has 168 valence electrons. The fourth-order valence-electron chi connectivity index (χ4n) is 3.01. The maximum absolute atomic E-state index is 12.6. The molecular weight excluding hydrogens is 428 g/mol. The third-order valence-electron chi connectivity index (χ3n) is 4.89. The molecule has 0 radical (unpaired) electrons. The summed E-state index contributed by atoms with van der Waals surface area (Å²) in [6.45, 7) is 9.32. The maximum Gasteiger partial charge on any atom is 0.265 e. The SMILES string of the molecule is Cc1cc(C)c(C)c(O[C@H](C)C(=O)Nc2ccc(S(=O)(=O)Nc3nccc(C)n3)cc2)c1. The quantitative estimate of drug-likeness (QED) is 0.560. The van der Waals surface area contributed by atoms with Crippen molar-refractivity contribution < 1.29 is 17.9 Å². The standard InChI is InChI=1S/C23H26N4O4S/c1-14-12-15(2)17(4)21(13-14)31-18(5)22(28)26-19-6-8-20(9-7-19)32(29,30)27-23-24-11-10-16(3)25-23/h6-13,18H,1-5H3,(H,26,28)(H,24,25,27)/t18-/m1/s1. The average molecular weight is 455 g/mol. The fourth-order valence-corrected chi connectivity index (χ4v) is 3.96. The van der Waals surface area contributed by atoms with Crippen LogP contribution in [-0.4, -0.2) is 30.4 Å². The highest BCUT2D eigenvalue weighted by molar-refractivity contribution is 7.92. The van der Waals surface area contributed by atoms with E-state index >= 15 is 0 Å². The molecule has 0 unspecified atom stereocenters. The maximum atomic E-state index is 12.6. The minimum atomic E-state index is -3.86. The molecule has 9 heteroatoms. The molecule has 0 aliphatic carbocycles. The number of ether oxygens (including phenoxy) is 1. The molecule has 0 bridgehead atoms. The number of benzene rings is 2. The van der Waals surface area contributed by atoms with Crippen molar-refractivity contribution in [3.63, 3.8) is 0 Å². The summed E-state index contributed by atoms with van der Waals surface area (Å²) in [5.74, 6) is 0.316. The minimum Gasteiger partial charge on any atom is -0.481 e. The number of nitrogens with zero attached hydrogens (tertiary/aromatic N) is 2. The third kappa shape index (κ3) is 5.61. The second-order valence-electron chi connectivity index (χ2n) is 7.61. The Hall–Kier alpha value is -3.46. The Labute approximate surface area is 188 Å². The fraction of sp³-hybridized carbons (Fsp3) is 0.261. The number of sulfonamides is 1. The van der Waals surface area contributed by atoms with Gasteiger partial charge in [0.25, 0.3) is 15.9 Å². The summed E-state index contributed by atoms with van der Waals surface area (Å²) in [6.07, 6.45) is 0.736. The second-order valence-corrected chi connectivity index (χ2v) is 9.29. The summed E-state index contributed by atoms with van der Waals surface area (Å²) in [5, 5.41) is 2.74. The van der Waals surface area contributed by atoms with Crippen molar-refractivity contribution in [2.45, 2.75) is 45.6 Å². The van der Waals surface area contributed by atoms with Crippen LogP contribution in [0, 0.1) is 27.7 Å². The highest BCUT2D eigenvalue weighted by atomic mass is 32.2. The Balaban J connectivity index is 1.66. The van der Waals surface area contributed by atoms with Crippen LogP contribution < -0.4 is 14.8 Å². The third-order valence-corrected chi connectivity index (χ3v) is 6.23. The normalized spacial score (nSPS) is 12.2. The van der Waals surface area contributed by atoms with Crippen LogP contribution in [0.5, 0.6) is 5.75 Å². The Morgan fingerprint density at radius 2 is 1.72 bits per heavy atom.